The lowest BCUT2D eigenvalue weighted by atomic mass is 10.1. The zero-order valence-electron chi connectivity index (χ0n) is 13.7. The summed E-state index contributed by atoms with van der Waals surface area (Å²) in [4.78, 5) is 35.9. The summed E-state index contributed by atoms with van der Waals surface area (Å²) in [7, 11) is 0. The molecular formula is C17H15F3N2O5. The predicted molar refractivity (Wildman–Crippen MR) is 87.0 cm³/mol. The van der Waals surface area contributed by atoms with E-state index >= 15 is 0 Å². The Morgan fingerprint density at radius 2 is 1.52 bits per heavy atom. The van der Waals surface area contributed by atoms with E-state index in [1.54, 1.807) is 0 Å². The van der Waals surface area contributed by atoms with Crippen molar-refractivity contribution in [1.29, 1.82) is 0 Å². The van der Waals surface area contributed by atoms with Gasteiger partial charge in [-0.15, -0.1) is 0 Å². The van der Waals surface area contributed by atoms with Crippen molar-refractivity contribution in [2.45, 2.75) is 18.6 Å². The van der Waals surface area contributed by atoms with Crippen molar-refractivity contribution in [2.24, 2.45) is 0 Å². The minimum absolute atomic E-state index is 0.243. The number of pyridine rings is 1. The first-order chi connectivity index (χ1) is 12.6. The SMILES string of the molecule is O=C(N[C@@H](Cc1ccccc1)C(=O)O)c1ccncc1.O=C(O)C(F)(F)F. The van der Waals surface area contributed by atoms with Gasteiger partial charge in [0.05, 0.1) is 0 Å². The normalized spacial score (nSPS) is 11.5. The fraction of sp³-hybridized carbons (Fsp3) is 0.176. The van der Waals surface area contributed by atoms with Crippen molar-refractivity contribution < 1.29 is 37.8 Å². The molecule has 0 saturated heterocycles. The number of aliphatic carboxylic acids is 2. The van der Waals surface area contributed by atoms with Crippen LogP contribution in [0, 0.1) is 0 Å². The van der Waals surface area contributed by atoms with Crippen molar-refractivity contribution in [3.8, 4) is 0 Å². The molecule has 0 unspecified atom stereocenters. The van der Waals surface area contributed by atoms with Gasteiger partial charge in [0.1, 0.15) is 6.04 Å². The minimum atomic E-state index is -5.08. The van der Waals surface area contributed by atoms with Crippen LogP contribution < -0.4 is 5.32 Å². The van der Waals surface area contributed by atoms with Crippen molar-refractivity contribution in [3.63, 3.8) is 0 Å². The van der Waals surface area contributed by atoms with E-state index in [0.29, 0.717) is 5.56 Å². The van der Waals surface area contributed by atoms with Gasteiger partial charge in [0.2, 0.25) is 0 Å². The highest BCUT2D eigenvalue weighted by atomic mass is 19.4. The first-order valence-corrected chi connectivity index (χ1v) is 7.39. The second-order valence-corrected chi connectivity index (χ2v) is 5.09. The standard InChI is InChI=1S/C15H14N2O3.C2HF3O2/c18-14(12-6-8-16-9-7-12)17-13(15(19)20)10-11-4-2-1-3-5-11;3-2(4,5)1(6)7/h1-9,13H,10H2,(H,17,18)(H,19,20);(H,6,7)/t13-;/m0./s1. The lowest BCUT2D eigenvalue weighted by Gasteiger charge is -2.14. The van der Waals surface area contributed by atoms with E-state index in [9.17, 15) is 27.9 Å². The largest absolute Gasteiger partial charge is 0.490 e. The highest BCUT2D eigenvalue weighted by Gasteiger charge is 2.38. The zero-order chi connectivity index (χ0) is 20.4. The molecule has 1 atom stereocenters. The summed E-state index contributed by atoms with van der Waals surface area (Å²) >= 11 is 0. The summed E-state index contributed by atoms with van der Waals surface area (Å²) in [5.41, 5.74) is 1.24. The Labute approximate surface area is 151 Å². The Hall–Kier alpha value is -3.43. The molecule has 0 saturated carbocycles. The first kappa shape index (κ1) is 21.6. The van der Waals surface area contributed by atoms with Crippen LogP contribution in [0.1, 0.15) is 15.9 Å². The molecule has 0 fully saturated rings. The maximum absolute atomic E-state index is 11.9. The number of carboxylic acid groups (broad SMARTS) is 2. The third kappa shape index (κ3) is 7.99. The van der Waals surface area contributed by atoms with E-state index in [4.69, 9.17) is 9.90 Å². The van der Waals surface area contributed by atoms with Crippen LogP contribution in [0.3, 0.4) is 0 Å². The van der Waals surface area contributed by atoms with Gasteiger partial charge < -0.3 is 15.5 Å². The quantitative estimate of drug-likeness (QED) is 0.727. The average Bonchev–Trinajstić information content (AvgIpc) is 2.62. The molecule has 1 aromatic heterocycles. The minimum Gasteiger partial charge on any atom is -0.480 e. The molecule has 2 aromatic rings. The number of hydrogen-bond donors (Lipinski definition) is 3. The van der Waals surface area contributed by atoms with Gasteiger partial charge in [-0.25, -0.2) is 9.59 Å². The molecule has 3 N–H and O–H groups in total. The molecule has 0 aliphatic heterocycles. The van der Waals surface area contributed by atoms with Crippen LogP contribution in [0.5, 0.6) is 0 Å². The molecule has 0 aliphatic carbocycles. The molecule has 1 heterocycles. The van der Waals surface area contributed by atoms with E-state index in [0.717, 1.165) is 5.56 Å². The van der Waals surface area contributed by atoms with Crippen molar-refractivity contribution in [3.05, 3.63) is 66.0 Å². The Morgan fingerprint density at radius 3 is 1.96 bits per heavy atom. The third-order valence-electron chi connectivity index (χ3n) is 3.07. The molecule has 2 rings (SSSR count). The number of carboxylic acids is 2. The number of rotatable bonds is 5. The van der Waals surface area contributed by atoms with E-state index in [2.05, 4.69) is 10.3 Å². The number of carbonyl (C=O) groups excluding carboxylic acids is 1. The van der Waals surface area contributed by atoms with Gasteiger partial charge in [-0.1, -0.05) is 30.3 Å². The van der Waals surface area contributed by atoms with Gasteiger partial charge in [-0.2, -0.15) is 13.2 Å². The summed E-state index contributed by atoms with van der Waals surface area (Å²) in [6.45, 7) is 0. The molecule has 27 heavy (non-hydrogen) atoms. The van der Waals surface area contributed by atoms with Crippen molar-refractivity contribution in [1.82, 2.24) is 10.3 Å². The topological polar surface area (TPSA) is 117 Å². The highest BCUT2D eigenvalue weighted by Crippen LogP contribution is 2.13. The summed E-state index contributed by atoms with van der Waals surface area (Å²) in [6, 6.07) is 11.3. The Balaban J connectivity index is 0.000000445. The fourth-order valence-electron chi connectivity index (χ4n) is 1.79. The van der Waals surface area contributed by atoms with Crippen molar-refractivity contribution in [2.75, 3.05) is 0 Å². The molecule has 7 nitrogen and oxygen atoms in total. The third-order valence-corrected chi connectivity index (χ3v) is 3.07. The summed E-state index contributed by atoms with van der Waals surface area (Å²) in [5.74, 6) is -4.24. The van der Waals surface area contributed by atoms with Gasteiger partial charge in [0, 0.05) is 24.4 Å². The summed E-state index contributed by atoms with van der Waals surface area (Å²) < 4.78 is 31.7. The maximum atomic E-state index is 11.9. The molecule has 0 bridgehead atoms. The Kier molecular flexibility index (Phi) is 7.92. The number of amides is 1. The number of alkyl halides is 3. The van der Waals surface area contributed by atoms with Crippen LogP contribution in [0.25, 0.3) is 0 Å². The first-order valence-electron chi connectivity index (χ1n) is 7.39. The molecular weight excluding hydrogens is 369 g/mol. The Bertz CT molecular complexity index is 767. The van der Waals surface area contributed by atoms with Gasteiger partial charge in [0.25, 0.3) is 5.91 Å². The smallest absolute Gasteiger partial charge is 0.480 e. The second kappa shape index (κ2) is 9.90. The highest BCUT2D eigenvalue weighted by molar-refractivity contribution is 5.96. The van der Waals surface area contributed by atoms with E-state index in [1.807, 2.05) is 30.3 Å². The zero-order valence-corrected chi connectivity index (χ0v) is 13.7. The molecule has 0 spiro atoms. The number of hydrogen-bond acceptors (Lipinski definition) is 4. The lowest BCUT2D eigenvalue weighted by Crippen LogP contribution is -2.42. The van der Waals surface area contributed by atoms with Crippen molar-refractivity contribution >= 4 is 17.8 Å². The van der Waals surface area contributed by atoms with Gasteiger partial charge >= 0.3 is 18.1 Å². The predicted octanol–water partition coefficient (Wildman–Crippen LogP) is 2.14. The Morgan fingerprint density at radius 1 is 1.00 bits per heavy atom. The molecule has 0 radical (unpaired) electrons. The summed E-state index contributed by atoms with van der Waals surface area (Å²) in [5, 5.41) is 18.8. The molecule has 0 aliphatic rings. The number of benzene rings is 1. The van der Waals surface area contributed by atoms with Crippen LogP contribution in [0.15, 0.2) is 54.9 Å². The molecule has 144 valence electrons. The van der Waals surface area contributed by atoms with Crippen LogP contribution >= 0.6 is 0 Å². The average molecular weight is 384 g/mol. The second-order valence-electron chi connectivity index (χ2n) is 5.09. The number of aromatic nitrogens is 1. The van der Waals surface area contributed by atoms with Crippen LogP contribution in [0.2, 0.25) is 0 Å². The molecule has 10 heteroatoms. The van der Waals surface area contributed by atoms with Crippen LogP contribution in [-0.4, -0.2) is 45.3 Å². The van der Waals surface area contributed by atoms with Gasteiger partial charge in [0.15, 0.2) is 0 Å². The number of halogens is 3. The monoisotopic (exact) mass is 384 g/mol. The fourth-order valence-corrected chi connectivity index (χ4v) is 1.79. The van der Waals surface area contributed by atoms with E-state index < -0.39 is 30.1 Å². The summed E-state index contributed by atoms with van der Waals surface area (Å²) in [6.07, 6.45) is -1.86. The van der Waals surface area contributed by atoms with E-state index in [1.165, 1.54) is 24.5 Å². The number of nitrogens with one attached hydrogen (secondary N) is 1. The van der Waals surface area contributed by atoms with Crippen LogP contribution in [0.4, 0.5) is 13.2 Å². The van der Waals surface area contributed by atoms with Crippen LogP contribution in [-0.2, 0) is 16.0 Å². The van der Waals surface area contributed by atoms with Gasteiger partial charge in [-0.3, -0.25) is 9.78 Å². The van der Waals surface area contributed by atoms with Gasteiger partial charge in [-0.05, 0) is 17.7 Å². The molecule has 1 aromatic carbocycles. The van der Waals surface area contributed by atoms with E-state index in [-0.39, 0.29) is 6.42 Å². The number of nitrogens with zero attached hydrogens (tertiary/aromatic N) is 1. The lowest BCUT2D eigenvalue weighted by molar-refractivity contribution is -0.192. The number of carbonyl (C=O) groups is 3. The molecule has 1 amide bonds. The maximum Gasteiger partial charge on any atom is 0.490 e.